The molecule has 0 N–H and O–H groups in total. The Hall–Kier alpha value is 0. The smallest absolute Gasteiger partial charge is 0.0411 e. The van der Waals surface area contributed by atoms with Crippen molar-refractivity contribution in [2.24, 2.45) is 5.41 Å². The molecule has 0 amide bonds. The van der Waals surface area contributed by atoms with E-state index >= 15 is 0 Å². The van der Waals surface area contributed by atoms with E-state index in [2.05, 4.69) is 55.4 Å². The summed E-state index contributed by atoms with van der Waals surface area (Å²) < 4.78 is 0. The third-order valence-electron chi connectivity index (χ3n) is 0.500. The number of rotatable bonds is 1. The zero-order chi connectivity index (χ0) is 12.6. The van der Waals surface area contributed by atoms with Crippen LogP contribution in [0, 0.1) is 5.41 Å². The van der Waals surface area contributed by atoms with Crippen LogP contribution in [-0.2, 0) is 0 Å². The minimum absolute atomic E-state index is 0.500. The molecule has 92 valence electrons. The Morgan fingerprint density at radius 3 is 0.714 bits per heavy atom. The molecule has 0 aliphatic rings. The van der Waals surface area contributed by atoms with E-state index in [0.717, 1.165) is 0 Å². The van der Waals surface area contributed by atoms with Crippen LogP contribution in [0.3, 0.4) is 0 Å². The van der Waals surface area contributed by atoms with E-state index in [1.807, 2.05) is 13.8 Å². The highest BCUT2D eigenvalue weighted by atomic mass is 14.0. The predicted octanol–water partition coefficient (Wildman–Crippen LogP) is 6.30. The highest BCUT2D eigenvalue weighted by molar-refractivity contribution is 4.47. The van der Waals surface area contributed by atoms with Crippen molar-refractivity contribution in [3.05, 3.63) is 0 Å². The molecule has 0 fully saturated rings. The molecule has 0 saturated carbocycles. The van der Waals surface area contributed by atoms with Gasteiger partial charge in [0.1, 0.15) is 0 Å². The second-order valence-electron chi connectivity index (χ2n) is 4.71. The van der Waals surface area contributed by atoms with Crippen LogP contribution in [0.5, 0.6) is 0 Å². The SMILES string of the molecule is CC.CC(C)(C)C.CCC.CCCC. The molecular formula is C14H36. The van der Waals surface area contributed by atoms with Crippen molar-refractivity contribution in [2.75, 3.05) is 0 Å². The Morgan fingerprint density at radius 1 is 0.643 bits per heavy atom. The molecular weight excluding hydrogens is 168 g/mol. The van der Waals surface area contributed by atoms with E-state index in [4.69, 9.17) is 0 Å². The number of unbranched alkanes of at least 4 members (excludes halogenated alkanes) is 1. The van der Waals surface area contributed by atoms with E-state index in [1.54, 1.807) is 0 Å². The number of hydrogen-bond donors (Lipinski definition) is 0. The van der Waals surface area contributed by atoms with E-state index in [-0.39, 0.29) is 0 Å². The highest BCUT2D eigenvalue weighted by Gasteiger charge is 1.95. The summed E-state index contributed by atoms with van der Waals surface area (Å²) in [6.45, 7) is 21.4. The van der Waals surface area contributed by atoms with Crippen LogP contribution < -0.4 is 0 Å². The molecule has 0 aliphatic carbocycles. The molecule has 0 unspecified atom stereocenters. The van der Waals surface area contributed by atoms with Gasteiger partial charge in [-0.05, 0) is 5.41 Å². The van der Waals surface area contributed by atoms with Gasteiger partial charge in [-0.15, -0.1) is 0 Å². The maximum absolute atomic E-state index is 2.19. The molecule has 0 aliphatic heterocycles. The molecule has 0 aromatic carbocycles. The fraction of sp³-hybridized carbons (Fsp3) is 1.00. The summed E-state index contributed by atoms with van der Waals surface area (Å²) in [4.78, 5) is 0. The van der Waals surface area contributed by atoms with Crippen molar-refractivity contribution in [3.8, 4) is 0 Å². The van der Waals surface area contributed by atoms with Crippen LogP contribution in [0.25, 0.3) is 0 Å². The molecule has 0 heteroatoms. The maximum atomic E-state index is 2.19. The van der Waals surface area contributed by atoms with E-state index in [0.29, 0.717) is 5.41 Å². The van der Waals surface area contributed by atoms with Gasteiger partial charge in [-0.2, -0.15) is 0 Å². The van der Waals surface area contributed by atoms with Crippen LogP contribution in [-0.4, -0.2) is 0 Å². The van der Waals surface area contributed by atoms with Crippen LogP contribution in [0.15, 0.2) is 0 Å². The molecule has 0 rings (SSSR count). The lowest BCUT2D eigenvalue weighted by molar-refractivity contribution is 0.469. The lowest BCUT2D eigenvalue weighted by Gasteiger charge is -2.05. The molecule has 14 heavy (non-hydrogen) atoms. The average Bonchev–Trinajstić information content (AvgIpc) is 2.06. The van der Waals surface area contributed by atoms with Crippen molar-refractivity contribution in [1.82, 2.24) is 0 Å². The normalized spacial score (nSPS) is 8.14. The van der Waals surface area contributed by atoms with Crippen LogP contribution in [0.4, 0.5) is 0 Å². The monoisotopic (exact) mass is 204 g/mol. The summed E-state index contributed by atoms with van der Waals surface area (Å²) in [7, 11) is 0. The molecule has 0 heterocycles. The van der Waals surface area contributed by atoms with Gasteiger partial charge in [-0.1, -0.05) is 88.5 Å². The fourth-order valence-electron chi connectivity index (χ4n) is 0. The fourth-order valence-corrected chi connectivity index (χ4v) is 0. The number of hydrogen-bond acceptors (Lipinski definition) is 0. The van der Waals surface area contributed by atoms with Crippen LogP contribution >= 0.6 is 0 Å². The summed E-state index contributed by atoms with van der Waals surface area (Å²) in [6, 6.07) is 0. The molecule has 0 nitrogen and oxygen atoms in total. The van der Waals surface area contributed by atoms with Crippen molar-refractivity contribution in [3.63, 3.8) is 0 Å². The van der Waals surface area contributed by atoms with Gasteiger partial charge in [-0.3, -0.25) is 0 Å². The van der Waals surface area contributed by atoms with Gasteiger partial charge in [0.15, 0.2) is 0 Å². The first-order valence-electron chi connectivity index (χ1n) is 6.33. The largest absolute Gasteiger partial charge is 0.0683 e. The van der Waals surface area contributed by atoms with Gasteiger partial charge in [0.05, 0.1) is 0 Å². The minimum Gasteiger partial charge on any atom is -0.0683 e. The Balaban J connectivity index is -0.0000000505. The van der Waals surface area contributed by atoms with E-state index < -0.39 is 0 Å². The van der Waals surface area contributed by atoms with Gasteiger partial charge in [0.2, 0.25) is 0 Å². The Kier molecular flexibility index (Phi) is 39.1. The Bertz CT molecular complexity index is 39.5. The molecule has 0 atom stereocenters. The molecule has 0 aromatic heterocycles. The van der Waals surface area contributed by atoms with Gasteiger partial charge in [0, 0.05) is 0 Å². The first-order valence-corrected chi connectivity index (χ1v) is 6.33. The minimum atomic E-state index is 0.500. The summed E-state index contributed by atoms with van der Waals surface area (Å²) in [5.74, 6) is 0. The third kappa shape index (κ3) is 1450. The zero-order valence-electron chi connectivity index (χ0n) is 12.6. The summed E-state index contributed by atoms with van der Waals surface area (Å²) in [5.41, 5.74) is 0.500. The highest BCUT2D eigenvalue weighted by Crippen LogP contribution is 2.07. The van der Waals surface area contributed by atoms with Gasteiger partial charge in [0.25, 0.3) is 0 Å². The second kappa shape index (κ2) is 23.1. The lowest BCUT2D eigenvalue weighted by atomic mass is 10.0. The predicted molar refractivity (Wildman–Crippen MR) is 73.0 cm³/mol. The van der Waals surface area contributed by atoms with Gasteiger partial charge < -0.3 is 0 Å². The van der Waals surface area contributed by atoms with E-state index in [9.17, 15) is 0 Å². The zero-order valence-corrected chi connectivity index (χ0v) is 12.6. The molecule has 0 bridgehead atoms. The standard InChI is InChI=1S/C5H12.C4H10.C3H8.C2H6/c1-5(2,3)4;1-3-4-2;1-3-2;1-2/h1-4H3;3-4H2,1-2H3;3H2,1-2H3;1-2H3. The molecule has 0 radical (unpaired) electrons. The molecule has 0 aromatic rings. The molecule has 0 saturated heterocycles. The molecule has 0 spiro atoms. The van der Waals surface area contributed by atoms with Gasteiger partial charge >= 0.3 is 0 Å². The second-order valence-corrected chi connectivity index (χ2v) is 4.71. The van der Waals surface area contributed by atoms with E-state index in [1.165, 1.54) is 19.3 Å². The summed E-state index contributed by atoms with van der Waals surface area (Å²) in [5, 5.41) is 0. The van der Waals surface area contributed by atoms with Crippen molar-refractivity contribution < 1.29 is 0 Å². The first-order chi connectivity index (χ1) is 6.33. The van der Waals surface area contributed by atoms with Gasteiger partial charge in [-0.25, -0.2) is 0 Å². The topological polar surface area (TPSA) is 0 Å². The lowest BCUT2D eigenvalue weighted by Crippen LogP contribution is -1.93. The van der Waals surface area contributed by atoms with Crippen molar-refractivity contribution in [2.45, 2.75) is 88.5 Å². The third-order valence-corrected chi connectivity index (χ3v) is 0.500. The maximum Gasteiger partial charge on any atom is -0.0411 e. The first kappa shape index (κ1) is 23.7. The Labute approximate surface area is 94.5 Å². The van der Waals surface area contributed by atoms with Crippen molar-refractivity contribution in [1.29, 1.82) is 0 Å². The average molecular weight is 204 g/mol. The summed E-state index contributed by atoms with van der Waals surface area (Å²) in [6.07, 6.45) is 3.89. The van der Waals surface area contributed by atoms with Crippen LogP contribution in [0.2, 0.25) is 0 Å². The quantitative estimate of drug-likeness (QED) is 0.470. The van der Waals surface area contributed by atoms with Crippen molar-refractivity contribution >= 4 is 0 Å². The van der Waals surface area contributed by atoms with Crippen LogP contribution in [0.1, 0.15) is 88.5 Å². The Morgan fingerprint density at radius 2 is 0.714 bits per heavy atom. The summed E-state index contributed by atoms with van der Waals surface area (Å²) >= 11 is 0.